The highest BCUT2D eigenvalue weighted by molar-refractivity contribution is 7.80. The zero-order chi connectivity index (χ0) is 17.4. The van der Waals surface area contributed by atoms with Crippen molar-refractivity contribution >= 4 is 40.6 Å². The summed E-state index contributed by atoms with van der Waals surface area (Å²) in [6.07, 6.45) is 8.74. The lowest BCUT2D eigenvalue weighted by atomic mass is 9.97. The fraction of sp³-hybridized carbons (Fsp3) is 0.556. The number of carbonyl (C=O) groups is 1. The lowest BCUT2D eigenvalue weighted by molar-refractivity contribution is 0.0526. The molecule has 1 aromatic carbocycles. The van der Waals surface area contributed by atoms with Crippen molar-refractivity contribution < 1.29 is 9.53 Å². The van der Waals surface area contributed by atoms with Crippen molar-refractivity contribution in [1.29, 1.82) is 0 Å². The molecule has 0 saturated heterocycles. The Bertz CT molecular complexity index is 572. The summed E-state index contributed by atoms with van der Waals surface area (Å²) in [5.41, 5.74) is 1.07. The largest absolute Gasteiger partial charge is 0.462 e. The van der Waals surface area contributed by atoms with E-state index in [1.807, 2.05) is 0 Å². The minimum absolute atomic E-state index is 0.314. The molecule has 6 heteroatoms. The zero-order valence-electron chi connectivity index (χ0n) is 14.1. The molecule has 0 spiro atoms. The number of rotatable bonds is 4. The molecule has 4 nitrogen and oxygen atoms in total. The Morgan fingerprint density at radius 3 is 2.58 bits per heavy atom. The maximum absolute atomic E-state index is 11.9. The molecular weight excluding hydrogens is 344 g/mol. The van der Waals surface area contributed by atoms with Crippen LogP contribution in [0.2, 0.25) is 5.02 Å². The van der Waals surface area contributed by atoms with E-state index >= 15 is 0 Å². The number of ether oxygens (including phenoxy) is 1. The minimum Gasteiger partial charge on any atom is -0.462 e. The van der Waals surface area contributed by atoms with Crippen LogP contribution in [0.15, 0.2) is 18.2 Å². The van der Waals surface area contributed by atoms with Crippen LogP contribution in [0.4, 0.5) is 5.69 Å². The lowest BCUT2D eigenvalue weighted by Gasteiger charge is -2.23. The first-order valence-electron chi connectivity index (χ1n) is 8.64. The average Bonchev–Trinajstić information content (AvgIpc) is 2.52. The molecule has 1 aromatic rings. The van der Waals surface area contributed by atoms with Crippen LogP contribution >= 0.6 is 23.8 Å². The van der Waals surface area contributed by atoms with Crippen molar-refractivity contribution in [2.75, 3.05) is 11.9 Å². The molecule has 1 aliphatic rings. The van der Waals surface area contributed by atoms with E-state index in [9.17, 15) is 4.79 Å². The third-order valence-electron chi connectivity index (χ3n) is 4.16. The first-order chi connectivity index (χ1) is 11.6. The van der Waals surface area contributed by atoms with Crippen molar-refractivity contribution in [3.63, 3.8) is 0 Å². The quantitative estimate of drug-likeness (QED) is 0.583. The van der Waals surface area contributed by atoms with Crippen LogP contribution in [0.3, 0.4) is 0 Å². The number of carbonyl (C=O) groups excluding carboxylic acids is 1. The topological polar surface area (TPSA) is 50.4 Å². The van der Waals surface area contributed by atoms with Gasteiger partial charge in [-0.25, -0.2) is 4.79 Å². The Morgan fingerprint density at radius 1 is 1.25 bits per heavy atom. The molecule has 1 fully saturated rings. The predicted octanol–water partition coefficient (Wildman–Crippen LogP) is 4.92. The average molecular weight is 369 g/mol. The van der Waals surface area contributed by atoms with E-state index in [0.717, 1.165) is 18.5 Å². The summed E-state index contributed by atoms with van der Waals surface area (Å²) in [6, 6.07) is 5.57. The molecule has 2 N–H and O–H groups in total. The molecular formula is C18H25ClN2O2S. The second kappa shape index (κ2) is 9.84. The second-order valence-corrected chi connectivity index (χ2v) is 6.87. The molecule has 0 amide bonds. The minimum atomic E-state index is -0.426. The maximum atomic E-state index is 11.9. The highest BCUT2D eigenvalue weighted by Gasteiger charge is 2.15. The number of benzene rings is 1. The van der Waals surface area contributed by atoms with E-state index in [1.165, 1.54) is 32.1 Å². The Balaban J connectivity index is 1.95. The van der Waals surface area contributed by atoms with Crippen LogP contribution in [0, 0.1) is 0 Å². The van der Waals surface area contributed by atoms with Crippen LogP contribution < -0.4 is 10.6 Å². The van der Waals surface area contributed by atoms with Gasteiger partial charge in [-0.3, -0.25) is 0 Å². The fourth-order valence-electron chi connectivity index (χ4n) is 2.92. The van der Waals surface area contributed by atoms with E-state index in [-0.39, 0.29) is 0 Å². The van der Waals surface area contributed by atoms with Crippen LogP contribution in [0.5, 0.6) is 0 Å². The van der Waals surface area contributed by atoms with Crippen molar-refractivity contribution in [3.05, 3.63) is 28.8 Å². The van der Waals surface area contributed by atoms with Crippen molar-refractivity contribution in [2.24, 2.45) is 0 Å². The summed E-state index contributed by atoms with van der Waals surface area (Å²) in [7, 11) is 0. The standard InChI is InChI=1S/C18H25ClN2O2S/c1-2-23-17(22)15-12-14(10-11-16(15)19)21-18(24)20-13-8-6-4-3-5-7-9-13/h10-13H,2-9H2,1H3,(H2,20,21,24). The molecule has 24 heavy (non-hydrogen) atoms. The Morgan fingerprint density at radius 2 is 1.92 bits per heavy atom. The third kappa shape index (κ3) is 5.95. The summed E-state index contributed by atoms with van der Waals surface area (Å²) in [5.74, 6) is -0.426. The first kappa shape index (κ1) is 19.0. The van der Waals surface area contributed by atoms with Crippen LogP contribution in [-0.4, -0.2) is 23.7 Å². The summed E-state index contributed by atoms with van der Waals surface area (Å²) < 4.78 is 5.02. The summed E-state index contributed by atoms with van der Waals surface area (Å²) >= 11 is 11.5. The number of hydrogen-bond donors (Lipinski definition) is 2. The highest BCUT2D eigenvalue weighted by atomic mass is 35.5. The number of nitrogens with one attached hydrogen (secondary N) is 2. The predicted molar refractivity (Wildman–Crippen MR) is 103 cm³/mol. The highest BCUT2D eigenvalue weighted by Crippen LogP contribution is 2.22. The molecule has 0 aliphatic heterocycles. The second-order valence-electron chi connectivity index (χ2n) is 6.06. The van der Waals surface area contributed by atoms with E-state index in [0.29, 0.717) is 28.3 Å². The van der Waals surface area contributed by atoms with Gasteiger partial charge in [0.2, 0.25) is 0 Å². The number of anilines is 1. The van der Waals surface area contributed by atoms with Crippen LogP contribution in [0.1, 0.15) is 62.2 Å². The van der Waals surface area contributed by atoms with E-state index in [4.69, 9.17) is 28.6 Å². The lowest BCUT2D eigenvalue weighted by Crippen LogP contribution is -2.38. The van der Waals surface area contributed by atoms with Gasteiger partial charge in [0, 0.05) is 11.7 Å². The molecule has 0 heterocycles. The third-order valence-corrected chi connectivity index (χ3v) is 4.71. The molecule has 0 atom stereocenters. The van der Waals surface area contributed by atoms with Gasteiger partial charge in [0.05, 0.1) is 17.2 Å². The van der Waals surface area contributed by atoms with Crippen molar-refractivity contribution in [1.82, 2.24) is 5.32 Å². The number of halogens is 1. The number of esters is 1. The molecule has 0 unspecified atom stereocenters. The normalized spacial score (nSPS) is 15.9. The summed E-state index contributed by atoms with van der Waals surface area (Å²) in [6.45, 7) is 2.08. The monoisotopic (exact) mass is 368 g/mol. The first-order valence-corrected chi connectivity index (χ1v) is 9.43. The summed E-state index contributed by atoms with van der Waals surface area (Å²) in [4.78, 5) is 11.9. The molecule has 132 valence electrons. The Kier molecular flexibility index (Phi) is 7.79. The number of thiocarbonyl (C=S) groups is 1. The van der Waals surface area contributed by atoms with E-state index < -0.39 is 5.97 Å². The zero-order valence-corrected chi connectivity index (χ0v) is 15.6. The molecule has 0 bridgehead atoms. The van der Waals surface area contributed by atoms with Gasteiger partial charge in [0.1, 0.15) is 0 Å². The fourth-order valence-corrected chi connectivity index (χ4v) is 3.40. The van der Waals surface area contributed by atoms with E-state index in [1.54, 1.807) is 25.1 Å². The van der Waals surface area contributed by atoms with Crippen LogP contribution in [-0.2, 0) is 4.74 Å². The maximum Gasteiger partial charge on any atom is 0.339 e. The number of hydrogen-bond acceptors (Lipinski definition) is 3. The van der Waals surface area contributed by atoms with Gasteiger partial charge >= 0.3 is 5.97 Å². The van der Waals surface area contributed by atoms with Gasteiger partial charge < -0.3 is 15.4 Å². The van der Waals surface area contributed by atoms with Gasteiger partial charge in [0.15, 0.2) is 5.11 Å². The van der Waals surface area contributed by atoms with Crippen molar-refractivity contribution in [2.45, 2.75) is 57.9 Å². The summed E-state index contributed by atoms with van der Waals surface area (Å²) in [5, 5.41) is 7.49. The molecule has 0 aromatic heterocycles. The SMILES string of the molecule is CCOC(=O)c1cc(NC(=S)NC2CCCCCCC2)ccc1Cl. The molecule has 0 radical (unpaired) electrons. The van der Waals surface area contributed by atoms with Gasteiger partial charge in [-0.1, -0.05) is 43.7 Å². The molecule has 1 aliphatic carbocycles. The van der Waals surface area contributed by atoms with Gasteiger partial charge in [-0.15, -0.1) is 0 Å². The Labute approximate surface area is 154 Å². The smallest absolute Gasteiger partial charge is 0.339 e. The Hall–Kier alpha value is -1.33. The van der Waals surface area contributed by atoms with Gasteiger partial charge in [-0.05, 0) is 50.2 Å². The van der Waals surface area contributed by atoms with Gasteiger partial charge in [0.25, 0.3) is 0 Å². The van der Waals surface area contributed by atoms with Gasteiger partial charge in [-0.2, -0.15) is 0 Å². The molecule has 1 saturated carbocycles. The van der Waals surface area contributed by atoms with Crippen molar-refractivity contribution in [3.8, 4) is 0 Å². The van der Waals surface area contributed by atoms with Crippen LogP contribution in [0.25, 0.3) is 0 Å². The molecule has 2 rings (SSSR count). The van der Waals surface area contributed by atoms with E-state index in [2.05, 4.69) is 10.6 Å².